The lowest BCUT2D eigenvalue weighted by molar-refractivity contribution is -0.0512. The van der Waals surface area contributed by atoms with Crippen LogP contribution in [0.2, 0.25) is 0 Å². The van der Waals surface area contributed by atoms with Crippen LogP contribution >= 0.6 is 12.4 Å². The Morgan fingerprint density at radius 3 is 2.61 bits per heavy atom. The van der Waals surface area contributed by atoms with Crippen LogP contribution in [0.25, 0.3) is 0 Å². The number of ether oxygens (including phenoxy) is 2. The van der Waals surface area contributed by atoms with Crippen LogP contribution in [0.5, 0.6) is 11.5 Å². The van der Waals surface area contributed by atoms with Crippen molar-refractivity contribution < 1.29 is 18.3 Å². The number of benzene rings is 1. The summed E-state index contributed by atoms with van der Waals surface area (Å²) >= 11 is 0. The van der Waals surface area contributed by atoms with Gasteiger partial charge in [-0.05, 0) is 29.5 Å². The van der Waals surface area contributed by atoms with Crippen molar-refractivity contribution in [3.8, 4) is 11.5 Å². The van der Waals surface area contributed by atoms with Crippen molar-refractivity contribution in [2.45, 2.75) is 39.5 Å². The Balaban J connectivity index is 0.00000264. The van der Waals surface area contributed by atoms with Crippen LogP contribution in [-0.4, -0.2) is 37.8 Å². The van der Waals surface area contributed by atoms with Crippen LogP contribution in [0.15, 0.2) is 18.2 Å². The summed E-state index contributed by atoms with van der Waals surface area (Å²) in [6, 6.07) is 5.34. The SMILES string of the molecule is COc1ccc(CN2CCC(N)C(C)(C)C2)cc1OC(F)F.Cl. The molecule has 7 heteroatoms. The van der Waals surface area contributed by atoms with Crippen molar-refractivity contribution in [3.05, 3.63) is 23.8 Å². The summed E-state index contributed by atoms with van der Waals surface area (Å²) in [7, 11) is 1.43. The minimum absolute atomic E-state index is 0. The first-order valence-corrected chi connectivity index (χ1v) is 7.41. The molecule has 1 fully saturated rings. The molecule has 0 aliphatic carbocycles. The maximum Gasteiger partial charge on any atom is 0.387 e. The van der Waals surface area contributed by atoms with Crippen molar-refractivity contribution in [1.82, 2.24) is 4.90 Å². The van der Waals surface area contributed by atoms with Gasteiger partial charge in [0.1, 0.15) is 0 Å². The van der Waals surface area contributed by atoms with Gasteiger partial charge in [0.15, 0.2) is 11.5 Å². The number of hydrogen-bond donors (Lipinski definition) is 1. The first kappa shape index (κ1) is 19.9. The summed E-state index contributed by atoms with van der Waals surface area (Å²) < 4.78 is 34.5. The van der Waals surface area contributed by atoms with Crippen molar-refractivity contribution in [3.63, 3.8) is 0 Å². The number of halogens is 3. The Morgan fingerprint density at radius 1 is 1.35 bits per heavy atom. The molecule has 1 aliphatic rings. The van der Waals surface area contributed by atoms with E-state index in [9.17, 15) is 8.78 Å². The number of likely N-dealkylation sites (tertiary alicyclic amines) is 1. The lowest BCUT2D eigenvalue weighted by Crippen LogP contribution is -2.52. The monoisotopic (exact) mass is 350 g/mol. The molecule has 1 aromatic carbocycles. The molecular weight excluding hydrogens is 326 g/mol. The lowest BCUT2D eigenvalue weighted by Gasteiger charge is -2.42. The number of methoxy groups -OCH3 is 1. The standard InChI is InChI=1S/C16H24F2N2O2.ClH/c1-16(2)10-20(7-6-14(16)19)9-11-4-5-12(21-3)13(8-11)22-15(17)18;/h4-5,8,14-15H,6-7,9-10,19H2,1-3H3;1H. The number of rotatable bonds is 5. The predicted molar refractivity (Wildman–Crippen MR) is 88.5 cm³/mol. The van der Waals surface area contributed by atoms with Gasteiger partial charge in [-0.15, -0.1) is 12.4 Å². The molecule has 1 heterocycles. The second kappa shape index (κ2) is 8.13. The molecule has 0 spiro atoms. The van der Waals surface area contributed by atoms with E-state index >= 15 is 0 Å². The van der Waals surface area contributed by atoms with Crippen LogP contribution in [-0.2, 0) is 6.54 Å². The summed E-state index contributed by atoms with van der Waals surface area (Å²) in [6.45, 7) is 3.91. The molecule has 4 nitrogen and oxygen atoms in total. The van der Waals surface area contributed by atoms with Crippen molar-refractivity contribution >= 4 is 12.4 Å². The Labute approximate surface area is 142 Å². The van der Waals surface area contributed by atoms with E-state index < -0.39 is 6.61 Å². The zero-order valence-corrected chi connectivity index (χ0v) is 14.5. The molecule has 1 aromatic rings. The van der Waals surface area contributed by atoms with Crippen LogP contribution in [0.3, 0.4) is 0 Å². The van der Waals surface area contributed by atoms with Gasteiger partial charge in [-0.3, -0.25) is 4.90 Å². The Bertz CT molecular complexity index is 515. The van der Waals surface area contributed by atoms with Gasteiger partial charge in [0.2, 0.25) is 0 Å². The molecule has 23 heavy (non-hydrogen) atoms. The second-order valence-corrected chi connectivity index (χ2v) is 6.46. The van der Waals surface area contributed by atoms with Crippen LogP contribution in [0, 0.1) is 5.41 Å². The van der Waals surface area contributed by atoms with Crippen LogP contribution < -0.4 is 15.2 Å². The van der Waals surface area contributed by atoms with E-state index in [1.54, 1.807) is 12.1 Å². The van der Waals surface area contributed by atoms with Crippen LogP contribution in [0.4, 0.5) is 8.78 Å². The molecule has 0 radical (unpaired) electrons. The molecule has 132 valence electrons. The normalized spacial score (nSPS) is 20.9. The number of alkyl halides is 2. The zero-order valence-electron chi connectivity index (χ0n) is 13.7. The van der Waals surface area contributed by atoms with Gasteiger partial charge >= 0.3 is 6.61 Å². The number of piperidine rings is 1. The lowest BCUT2D eigenvalue weighted by atomic mass is 9.79. The molecule has 1 atom stereocenters. The Kier molecular flexibility index (Phi) is 7.04. The molecule has 0 saturated carbocycles. The maximum absolute atomic E-state index is 12.5. The summed E-state index contributed by atoms with van der Waals surface area (Å²) in [4.78, 5) is 2.29. The predicted octanol–water partition coefficient (Wildman–Crippen LogP) is 3.28. The van der Waals surface area contributed by atoms with Gasteiger partial charge in [-0.1, -0.05) is 19.9 Å². The molecule has 2 rings (SSSR count). The molecule has 0 amide bonds. The van der Waals surface area contributed by atoms with Crippen molar-refractivity contribution in [2.24, 2.45) is 11.1 Å². The fraction of sp³-hybridized carbons (Fsp3) is 0.625. The molecule has 1 unspecified atom stereocenters. The van der Waals surface area contributed by atoms with E-state index in [1.165, 1.54) is 7.11 Å². The smallest absolute Gasteiger partial charge is 0.387 e. The van der Waals surface area contributed by atoms with E-state index in [-0.39, 0.29) is 29.6 Å². The summed E-state index contributed by atoms with van der Waals surface area (Å²) in [5.74, 6) is 0.382. The second-order valence-electron chi connectivity index (χ2n) is 6.46. The quantitative estimate of drug-likeness (QED) is 0.885. The van der Waals surface area contributed by atoms with E-state index in [0.717, 1.165) is 25.1 Å². The fourth-order valence-electron chi connectivity index (χ4n) is 2.89. The van der Waals surface area contributed by atoms with Gasteiger partial charge in [-0.2, -0.15) is 8.78 Å². The first-order chi connectivity index (χ1) is 10.3. The molecule has 0 aromatic heterocycles. The third kappa shape index (κ3) is 5.19. The summed E-state index contributed by atoms with van der Waals surface area (Å²) in [5.41, 5.74) is 7.11. The van der Waals surface area contributed by atoms with Crippen molar-refractivity contribution in [2.75, 3.05) is 20.2 Å². The van der Waals surface area contributed by atoms with E-state index in [4.69, 9.17) is 10.5 Å². The Hall–Kier alpha value is -1.11. The largest absolute Gasteiger partial charge is 0.493 e. The zero-order chi connectivity index (χ0) is 16.3. The molecule has 2 N–H and O–H groups in total. The third-order valence-corrected chi connectivity index (χ3v) is 4.24. The molecule has 1 aliphatic heterocycles. The number of nitrogens with zero attached hydrogens (tertiary/aromatic N) is 1. The van der Waals surface area contributed by atoms with Gasteiger partial charge in [-0.25, -0.2) is 0 Å². The highest BCUT2D eigenvalue weighted by Gasteiger charge is 2.33. The third-order valence-electron chi connectivity index (χ3n) is 4.24. The highest BCUT2D eigenvalue weighted by Crippen LogP contribution is 2.32. The summed E-state index contributed by atoms with van der Waals surface area (Å²) in [5, 5.41) is 0. The van der Waals surface area contributed by atoms with Gasteiger partial charge in [0.05, 0.1) is 7.11 Å². The highest BCUT2D eigenvalue weighted by molar-refractivity contribution is 5.85. The molecule has 1 saturated heterocycles. The van der Waals surface area contributed by atoms with Gasteiger partial charge in [0, 0.05) is 25.7 Å². The van der Waals surface area contributed by atoms with Gasteiger partial charge in [0.25, 0.3) is 0 Å². The average Bonchev–Trinajstić information content (AvgIpc) is 2.42. The highest BCUT2D eigenvalue weighted by atomic mass is 35.5. The number of hydrogen-bond acceptors (Lipinski definition) is 4. The maximum atomic E-state index is 12.5. The average molecular weight is 351 g/mol. The van der Waals surface area contributed by atoms with Gasteiger partial charge < -0.3 is 15.2 Å². The Morgan fingerprint density at radius 2 is 2.04 bits per heavy atom. The van der Waals surface area contributed by atoms with E-state index in [0.29, 0.717) is 12.3 Å². The van der Waals surface area contributed by atoms with E-state index in [2.05, 4.69) is 23.5 Å². The fourth-order valence-corrected chi connectivity index (χ4v) is 2.89. The number of nitrogens with two attached hydrogens (primary N) is 1. The minimum atomic E-state index is -2.86. The van der Waals surface area contributed by atoms with Crippen molar-refractivity contribution in [1.29, 1.82) is 0 Å². The van der Waals surface area contributed by atoms with Crippen LogP contribution in [0.1, 0.15) is 25.8 Å². The molecule has 0 bridgehead atoms. The van der Waals surface area contributed by atoms with E-state index in [1.807, 2.05) is 6.07 Å². The summed E-state index contributed by atoms with van der Waals surface area (Å²) in [6.07, 6.45) is 0.934. The topological polar surface area (TPSA) is 47.7 Å². The first-order valence-electron chi connectivity index (χ1n) is 7.41. The minimum Gasteiger partial charge on any atom is -0.493 e. The molecular formula is C16H25ClF2N2O2.